The number of esters is 1. The lowest BCUT2D eigenvalue weighted by Gasteiger charge is -2.38. The Hall–Kier alpha value is -14.5. The Morgan fingerprint density at radius 2 is 1.06 bits per heavy atom. The topological polar surface area (TPSA) is 548 Å². The molecule has 8 aliphatic rings. The summed E-state index contributed by atoms with van der Waals surface area (Å²) >= 11 is 28.0. The molecule has 8 aliphatic heterocycles. The molecule has 0 saturated carbocycles. The molecule has 20 rings (SSSR count). The zero-order valence-corrected chi connectivity index (χ0v) is 72.8. The molecule has 0 bridgehead atoms. The van der Waals surface area contributed by atoms with Gasteiger partial charge in [0.1, 0.15) is 64.5 Å². The second kappa shape index (κ2) is 42.6. The van der Waals surface area contributed by atoms with E-state index in [1.807, 2.05) is 21.9 Å². The summed E-state index contributed by atoms with van der Waals surface area (Å²) in [6.45, 7) is 5.53. The molecule has 0 spiro atoms. The summed E-state index contributed by atoms with van der Waals surface area (Å²) in [4.78, 5) is 131. The van der Waals surface area contributed by atoms with Gasteiger partial charge in [-0.05, 0) is 202 Å². The summed E-state index contributed by atoms with van der Waals surface area (Å²) in [6, 6.07) is 31.3. The van der Waals surface area contributed by atoms with E-state index in [4.69, 9.17) is 89.3 Å². The van der Waals surface area contributed by atoms with Crippen molar-refractivity contribution in [3.8, 4) is 18.2 Å². The number of nitriles is 3. The Morgan fingerprint density at radius 3 is 1.60 bits per heavy atom. The number of nitrogens with two attached hydrogens (primary N) is 1. The van der Waals surface area contributed by atoms with Crippen molar-refractivity contribution < 1.29 is 57.4 Å². The number of nitro groups is 2. The predicted octanol–water partition coefficient (Wildman–Crippen LogP) is 11.3. The fourth-order valence-corrected chi connectivity index (χ4v) is 16.3. The van der Waals surface area contributed by atoms with E-state index in [0.29, 0.717) is 122 Å². The molecule has 670 valence electrons. The Bertz CT molecular complexity index is 6490. The van der Waals surface area contributed by atoms with Crippen molar-refractivity contribution in [3.05, 3.63) is 221 Å². The zero-order chi connectivity index (χ0) is 93.4. The van der Waals surface area contributed by atoms with Gasteiger partial charge in [0, 0.05) is 66.5 Å². The van der Waals surface area contributed by atoms with Gasteiger partial charge < -0.3 is 50.8 Å². The van der Waals surface area contributed by atoms with E-state index < -0.39 is 34.8 Å². The lowest BCUT2D eigenvalue weighted by atomic mass is 9.80. The Kier molecular flexibility index (Phi) is 30.6. The molecule has 5 saturated heterocycles. The van der Waals surface area contributed by atoms with Gasteiger partial charge in [-0.15, -0.1) is 0 Å². The first-order valence-corrected chi connectivity index (χ1v) is 42.1. The van der Waals surface area contributed by atoms with Crippen LogP contribution in [-0.4, -0.2) is 197 Å². The summed E-state index contributed by atoms with van der Waals surface area (Å²) in [5, 5.41) is 85.5. The predicted molar refractivity (Wildman–Crippen MR) is 480 cm³/mol. The molecule has 0 radical (unpaired) electrons. The zero-order valence-electron chi connectivity index (χ0n) is 69.0. The fraction of sp³-hybridized carbons (Fsp3) is 0.277. The van der Waals surface area contributed by atoms with Gasteiger partial charge in [-0.2, -0.15) is 45.9 Å². The Morgan fingerprint density at radius 1 is 0.573 bits per heavy atom. The largest absolute Gasteiger partial charge is 0.488 e. The van der Waals surface area contributed by atoms with Gasteiger partial charge in [0.2, 0.25) is 38.1 Å². The third-order valence-electron chi connectivity index (χ3n) is 21.5. The third-order valence-corrected chi connectivity index (χ3v) is 22.5. The molecule has 12 aromatic rings. The molecule has 5 aromatic carbocycles. The van der Waals surface area contributed by atoms with Crippen LogP contribution in [0.15, 0.2) is 140 Å². The van der Waals surface area contributed by atoms with Gasteiger partial charge in [-0.3, -0.25) is 59.4 Å². The number of ether oxygens (including phenoxy) is 1. The lowest BCUT2D eigenvalue weighted by molar-refractivity contribution is -0.385. The summed E-state index contributed by atoms with van der Waals surface area (Å²) < 4.78 is 32.0. The number of H-pyrrole nitrogens is 2. The van der Waals surface area contributed by atoms with Crippen LogP contribution in [0.4, 0.5) is 83.5 Å². The number of aromatic nitrogens is 14. The fourth-order valence-electron chi connectivity index (χ4n) is 15.6. The van der Waals surface area contributed by atoms with Crippen LogP contribution in [0.5, 0.6) is 0 Å². The summed E-state index contributed by atoms with van der Waals surface area (Å²) in [6.07, 6.45) is 19.1. The second-order valence-corrected chi connectivity index (χ2v) is 31.5. The van der Waals surface area contributed by atoms with Crippen LogP contribution in [0.2, 0.25) is 26.3 Å². The molecule has 40 nitrogen and oxygen atoms in total. The average Bonchev–Trinajstić information content (AvgIpc) is 1.71. The molecular weight excluding hydrogens is 1810 g/mol. The van der Waals surface area contributed by atoms with E-state index in [-0.39, 0.29) is 96.8 Å². The smallest absolute Gasteiger partial charge is 0.467 e. The number of amides is 2. The van der Waals surface area contributed by atoms with Gasteiger partial charge in [0.15, 0.2) is 29.1 Å². The van der Waals surface area contributed by atoms with Gasteiger partial charge in [0.25, 0.3) is 11.8 Å². The molecule has 131 heavy (non-hydrogen) atoms. The first-order valence-electron chi connectivity index (χ1n) is 40.2. The maximum Gasteiger partial charge on any atom is 0.488 e. The maximum absolute atomic E-state index is 14.3. The van der Waals surface area contributed by atoms with Crippen LogP contribution in [-0.2, 0) is 35.1 Å². The molecule has 15 heterocycles. The standard InChI is InChI=1S/C23H17FN8O.C16H12ClN5O.C10H11ClN4O4.C10H10ClN3O.C7H6BNO2.C7H6FN3.C6H11NO.C4HCl2N3O2/c24-17-9-15(8-14-11-27-30-20(14)17)28-23-26-12-19-21(29-23)31-6-2-5-18(31)22(33)32(19)16-4-1-3-13(7-16)10-25;17-16-19-9-13-14(20-16)21-6-2-5-12(21)15(23)22(13)11-4-1-3-10(7-11)8-18;1-19-9(16)6-3-2-4-14(6)8-7(15(17)18)5-12-10(11)13-8;11-10-12-5-6-4-8(15)7-2-1-3-14(7)9(6)13-10;9-5-6-2-1-3-7(4-6)8(10)11;8-6-2-5(9)1-4-3-10-11-7(4)6;1-5(8)6-3-2-4-7-6;5-3-2(9(10)11)1-7-4(6)8-3/h1,3-4,7-9,11-12,18H,2,5-6H2,(H,27,30)(H,26,28,29);1,3-4,7,9,12H,2,5-6H2;5-6H,2-4H2,1H3;5,7H,1-4H2;1-4,10-11H;1-3H,9H2,(H,10,11);6-7H,2-4H2,1H3;1H/t18-;12-;6-;7-;;;6-;/m1111..1./s1. The van der Waals surface area contributed by atoms with Crippen LogP contribution >= 0.6 is 58.0 Å². The highest BCUT2D eigenvalue weighted by molar-refractivity contribution is 6.58. The van der Waals surface area contributed by atoms with Gasteiger partial charge in [0.05, 0.1) is 100 Å². The molecule has 0 unspecified atom stereocenters. The molecular formula is C83H74BCl5F2N28O12. The average molecular weight is 1880 g/mol. The van der Waals surface area contributed by atoms with Crippen LogP contribution in [0.3, 0.4) is 0 Å². The normalized spacial score (nSPS) is 17.3. The van der Waals surface area contributed by atoms with E-state index >= 15 is 0 Å². The summed E-state index contributed by atoms with van der Waals surface area (Å²) in [5.74, 6) is 1.75. The van der Waals surface area contributed by atoms with E-state index in [9.17, 15) is 58.2 Å². The molecule has 8 N–H and O–H groups in total. The van der Waals surface area contributed by atoms with E-state index in [0.717, 1.165) is 101 Å². The van der Waals surface area contributed by atoms with Gasteiger partial charge in [-0.1, -0.05) is 35.9 Å². The quantitative estimate of drug-likeness (QED) is 0.0127. The Labute approximate surface area is 767 Å². The van der Waals surface area contributed by atoms with Crippen molar-refractivity contribution in [2.24, 2.45) is 0 Å². The number of anilines is 11. The first-order chi connectivity index (χ1) is 63.0. The highest BCUT2D eigenvalue weighted by Gasteiger charge is 2.46. The number of hydrogen-bond acceptors (Lipinski definition) is 34. The summed E-state index contributed by atoms with van der Waals surface area (Å²) in [5.41, 5.74) is 11.4. The molecule has 7 aromatic heterocycles. The molecule has 5 atom stereocenters. The number of nitrogens with zero attached hydrogens (tertiary/aromatic N) is 23. The van der Waals surface area contributed by atoms with Crippen LogP contribution < -0.4 is 51.2 Å². The van der Waals surface area contributed by atoms with Crippen molar-refractivity contribution in [3.63, 3.8) is 0 Å². The number of hydrogen-bond donors (Lipinski definition) is 7. The maximum atomic E-state index is 14.3. The lowest BCUT2D eigenvalue weighted by Crippen LogP contribution is -2.49. The monoisotopic (exact) mass is 1880 g/mol. The number of ketones is 2. The minimum absolute atomic E-state index is 0.0176. The number of nitrogen functional groups attached to an aromatic ring is 1. The van der Waals surface area contributed by atoms with Crippen molar-refractivity contribution in [1.82, 2.24) is 75.6 Å². The number of carbonyl (C=O) groups excluding carboxylic acids is 5. The molecule has 0 aliphatic carbocycles. The minimum atomic E-state index is -1.50. The van der Waals surface area contributed by atoms with Crippen molar-refractivity contribution >= 4 is 196 Å². The van der Waals surface area contributed by atoms with Crippen LogP contribution in [0.25, 0.3) is 21.8 Å². The minimum Gasteiger partial charge on any atom is -0.467 e. The third kappa shape index (κ3) is 22.1. The SMILES string of the molecule is CC(=O)[C@H]1CCCN1.COC(=O)[C@H]1CCCN1c1nc(Cl)ncc1[N+](=O)[O-].N#Cc1cccc(B(O)O)c1.N#Cc1cccc(N2C(=O)[C@H]3CCCN3c3nc(Cl)ncc32)c1.N#Cc1cccc(N2C(=O)[C@H]3CCCN3c3nc(Nc4cc(F)c5[nH]ncc5c4)ncc32)c1.Nc1cc(F)c2[nH]ncc2c1.O=C1Cc2cnc(Cl)nc2N2CCC[C@H]12.O=[N+]([O-])c1cnc(Cl)nc1Cl. The van der Waals surface area contributed by atoms with Gasteiger partial charge >= 0.3 is 24.5 Å². The molecule has 5 fully saturated rings. The molecule has 48 heteroatoms. The first kappa shape index (κ1) is 94.1. The van der Waals surface area contributed by atoms with Crippen molar-refractivity contribution in [2.45, 2.75) is 108 Å². The van der Waals surface area contributed by atoms with Crippen LogP contribution in [0.1, 0.15) is 93.4 Å². The number of methoxy groups -OCH3 is 1. The van der Waals surface area contributed by atoms with Crippen LogP contribution in [0, 0.1) is 65.9 Å². The number of benzene rings is 5. The molecule has 2 amide bonds. The number of halogens is 7. The number of aromatic amines is 2. The number of fused-ring (bicyclic) bond motifs is 11. The highest BCUT2D eigenvalue weighted by Crippen LogP contribution is 2.45. The van der Waals surface area contributed by atoms with Crippen molar-refractivity contribution in [1.29, 1.82) is 15.8 Å². The van der Waals surface area contributed by atoms with Gasteiger partial charge in [-0.25, -0.2) is 43.5 Å². The van der Waals surface area contributed by atoms with E-state index in [1.54, 1.807) is 114 Å². The Balaban J connectivity index is 0.000000133. The number of carbonyl (C=O) groups is 5. The van der Waals surface area contributed by atoms with Crippen molar-refractivity contribution in [2.75, 3.05) is 80.3 Å². The summed E-state index contributed by atoms with van der Waals surface area (Å²) in [7, 11) is -0.219. The second-order valence-electron chi connectivity index (χ2n) is 29.8. The number of rotatable bonds is 10. The highest BCUT2D eigenvalue weighted by atomic mass is 35.5. The van der Waals surface area contributed by atoms with E-state index in [1.165, 1.54) is 36.4 Å². The number of Topliss-reactive ketones (excluding diaryl/α,β-unsaturated/α-hetero) is 2. The number of nitrogens with one attached hydrogen (secondary N) is 4. The van der Waals surface area contributed by atoms with E-state index in [2.05, 4.69) is 97.7 Å².